The summed E-state index contributed by atoms with van der Waals surface area (Å²) < 4.78 is 5.49. The number of H-pyrrole nitrogens is 2. The third kappa shape index (κ3) is 5.29. The van der Waals surface area contributed by atoms with E-state index < -0.39 is 17.9 Å². The predicted octanol–water partition coefficient (Wildman–Crippen LogP) is 6.23. The van der Waals surface area contributed by atoms with E-state index in [-0.39, 0.29) is 11.4 Å². The number of carboxylic acid groups (broad SMARTS) is 2. The van der Waals surface area contributed by atoms with Crippen molar-refractivity contribution in [3.8, 4) is 5.75 Å². The molecule has 0 saturated heterocycles. The van der Waals surface area contributed by atoms with E-state index in [2.05, 4.69) is 23.8 Å². The lowest BCUT2D eigenvalue weighted by Crippen LogP contribution is -2.11. The van der Waals surface area contributed by atoms with Crippen LogP contribution in [-0.4, -0.2) is 39.2 Å². The van der Waals surface area contributed by atoms with E-state index in [1.807, 2.05) is 38.1 Å². The Morgan fingerprint density at radius 2 is 1.37 bits per heavy atom. The Balaban J connectivity index is 2.37. The van der Waals surface area contributed by atoms with Gasteiger partial charge in [-0.1, -0.05) is 38.8 Å². The van der Waals surface area contributed by atoms with Crippen LogP contribution in [0.2, 0.25) is 0 Å². The second-order valence-corrected chi connectivity index (χ2v) is 9.06. The number of carbonyl (C=O) groups is 2. The largest absolute Gasteiger partial charge is 0.497 e. The average Bonchev–Trinajstić information content (AvgIpc) is 3.33. The number of ether oxygens (including phenoxy) is 1. The van der Waals surface area contributed by atoms with Crippen LogP contribution in [0.15, 0.2) is 24.3 Å². The van der Waals surface area contributed by atoms with E-state index in [0.29, 0.717) is 5.75 Å². The third-order valence-corrected chi connectivity index (χ3v) is 6.82. The Morgan fingerprint density at radius 3 is 1.77 bits per heavy atom. The Labute approximate surface area is 206 Å². The van der Waals surface area contributed by atoms with Crippen LogP contribution in [0.25, 0.3) is 0 Å². The minimum Gasteiger partial charge on any atom is -0.497 e. The molecular weight excluding hydrogens is 444 g/mol. The van der Waals surface area contributed by atoms with E-state index in [1.54, 1.807) is 7.11 Å². The number of carboxylic acids is 2. The zero-order valence-corrected chi connectivity index (χ0v) is 21.2. The van der Waals surface area contributed by atoms with Crippen molar-refractivity contribution in [2.24, 2.45) is 0 Å². The lowest BCUT2D eigenvalue weighted by Gasteiger charge is -2.21. The summed E-state index contributed by atoms with van der Waals surface area (Å²) in [5.41, 5.74) is 6.24. The molecule has 4 N–H and O–H groups in total. The molecule has 7 nitrogen and oxygen atoms in total. The lowest BCUT2D eigenvalue weighted by atomic mass is 9.85. The van der Waals surface area contributed by atoms with Gasteiger partial charge in [0, 0.05) is 11.4 Å². The molecule has 0 aliphatic rings. The van der Waals surface area contributed by atoms with Gasteiger partial charge >= 0.3 is 11.9 Å². The van der Waals surface area contributed by atoms with Gasteiger partial charge in [-0.25, -0.2) is 9.59 Å². The normalized spacial score (nSPS) is 11.3. The molecule has 3 aromatic rings. The number of rotatable bonds is 12. The van der Waals surface area contributed by atoms with E-state index in [4.69, 9.17) is 4.74 Å². The molecule has 0 atom stereocenters. The van der Waals surface area contributed by atoms with Crippen molar-refractivity contribution in [1.29, 1.82) is 0 Å². The van der Waals surface area contributed by atoms with Crippen LogP contribution >= 0.6 is 0 Å². The molecule has 0 aliphatic heterocycles. The van der Waals surface area contributed by atoms with E-state index in [1.165, 1.54) is 0 Å². The fourth-order valence-corrected chi connectivity index (χ4v) is 4.88. The summed E-state index contributed by atoms with van der Waals surface area (Å²) in [6.45, 7) is 7.90. The first kappa shape index (κ1) is 26.1. The van der Waals surface area contributed by atoms with Crippen molar-refractivity contribution in [3.05, 3.63) is 74.9 Å². The van der Waals surface area contributed by atoms with Crippen LogP contribution in [0.4, 0.5) is 0 Å². The second-order valence-electron chi connectivity index (χ2n) is 9.06. The summed E-state index contributed by atoms with van der Waals surface area (Å²) in [5.74, 6) is -1.73. The zero-order chi connectivity index (χ0) is 25.7. The molecule has 0 radical (unpaired) electrons. The molecule has 1 aromatic carbocycles. The maximum absolute atomic E-state index is 12.1. The van der Waals surface area contributed by atoms with Gasteiger partial charge in [0.1, 0.15) is 17.1 Å². The van der Waals surface area contributed by atoms with E-state index in [9.17, 15) is 19.8 Å². The quantitative estimate of drug-likeness (QED) is 0.245. The van der Waals surface area contributed by atoms with Crippen molar-refractivity contribution >= 4 is 11.9 Å². The summed E-state index contributed by atoms with van der Waals surface area (Å²) in [7, 11) is 1.61. The first-order valence-corrected chi connectivity index (χ1v) is 12.3. The van der Waals surface area contributed by atoms with Gasteiger partial charge in [-0.15, -0.1) is 0 Å². The predicted molar refractivity (Wildman–Crippen MR) is 136 cm³/mol. The van der Waals surface area contributed by atoms with Gasteiger partial charge in [-0.05, 0) is 79.5 Å². The first-order chi connectivity index (χ1) is 16.7. The maximum atomic E-state index is 12.1. The SMILES string of the molecule is CCCCc1c(C(c2cccc(OC)c2)c2[nH]c(C(=O)O)c(C)c2CCCC)[nH]c(C(=O)O)c1C. The highest BCUT2D eigenvalue weighted by Crippen LogP contribution is 2.40. The van der Waals surface area contributed by atoms with Crippen LogP contribution in [0.5, 0.6) is 5.75 Å². The summed E-state index contributed by atoms with van der Waals surface area (Å²) in [6, 6.07) is 7.68. The van der Waals surface area contributed by atoms with Crippen molar-refractivity contribution in [3.63, 3.8) is 0 Å². The number of methoxy groups -OCH3 is 1. The fraction of sp³-hybridized carbons (Fsp3) is 0.429. The van der Waals surface area contributed by atoms with Crippen molar-refractivity contribution in [1.82, 2.24) is 9.97 Å². The number of nitrogens with one attached hydrogen (secondary N) is 2. The smallest absolute Gasteiger partial charge is 0.352 e. The molecule has 0 aliphatic carbocycles. The summed E-state index contributed by atoms with van der Waals surface area (Å²) in [6.07, 6.45) is 5.26. The molecular formula is C28H36N2O5. The molecule has 7 heteroatoms. The molecule has 0 bridgehead atoms. The molecule has 0 saturated carbocycles. The molecule has 0 unspecified atom stereocenters. The number of aromatic carboxylic acids is 2. The number of hydrogen-bond acceptors (Lipinski definition) is 3. The molecule has 2 heterocycles. The molecule has 0 spiro atoms. The molecule has 35 heavy (non-hydrogen) atoms. The summed E-state index contributed by atoms with van der Waals surface area (Å²) >= 11 is 0. The highest BCUT2D eigenvalue weighted by molar-refractivity contribution is 5.89. The Kier molecular flexibility index (Phi) is 8.43. The first-order valence-electron chi connectivity index (χ1n) is 12.3. The fourth-order valence-electron chi connectivity index (χ4n) is 4.88. The standard InChI is InChI=1S/C28H36N2O5/c1-6-8-13-20-16(3)23(27(31)32)29-25(20)22(18-11-10-12-19(15-18)35-5)26-21(14-9-7-2)17(4)24(30-26)28(33)34/h10-12,15,22,29-30H,6-9,13-14H2,1-5H3,(H,31,32)(H,33,34). The minimum atomic E-state index is -1.00. The van der Waals surface area contributed by atoms with Crippen LogP contribution in [-0.2, 0) is 12.8 Å². The van der Waals surface area contributed by atoms with Gasteiger partial charge in [0.15, 0.2) is 0 Å². The van der Waals surface area contributed by atoms with Gasteiger partial charge in [0.05, 0.1) is 13.0 Å². The van der Waals surface area contributed by atoms with Gasteiger partial charge in [0.2, 0.25) is 0 Å². The van der Waals surface area contributed by atoms with Gasteiger partial charge in [-0.3, -0.25) is 0 Å². The summed E-state index contributed by atoms with van der Waals surface area (Å²) in [4.78, 5) is 30.6. The summed E-state index contributed by atoms with van der Waals surface area (Å²) in [5, 5.41) is 19.8. The number of benzene rings is 1. The Bertz CT molecular complexity index is 1130. The molecule has 188 valence electrons. The number of hydrogen-bond donors (Lipinski definition) is 4. The van der Waals surface area contributed by atoms with Crippen molar-refractivity contribution in [2.45, 2.75) is 72.1 Å². The Hall–Kier alpha value is -3.48. The van der Waals surface area contributed by atoms with E-state index in [0.717, 1.165) is 77.7 Å². The second kappa shape index (κ2) is 11.3. The topological polar surface area (TPSA) is 115 Å². The maximum Gasteiger partial charge on any atom is 0.352 e. The van der Waals surface area contributed by atoms with Gasteiger partial charge < -0.3 is 24.9 Å². The molecule has 2 aromatic heterocycles. The zero-order valence-electron chi connectivity index (χ0n) is 21.2. The highest BCUT2D eigenvalue weighted by atomic mass is 16.5. The van der Waals surface area contributed by atoms with Crippen molar-refractivity contribution in [2.75, 3.05) is 7.11 Å². The molecule has 3 rings (SSSR count). The highest BCUT2D eigenvalue weighted by Gasteiger charge is 2.31. The van der Waals surface area contributed by atoms with Gasteiger partial charge in [0.25, 0.3) is 0 Å². The van der Waals surface area contributed by atoms with Crippen LogP contribution in [0.1, 0.15) is 106 Å². The van der Waals surface area contributed by atoms with Gasteiger partial charge in [-0.2, -0.15) is 0 Å². The minimum absolute atomic E-state index is 0.177. The molecule has 0 amide bonds. The third-order valence-electron chi connectivity index (χ3n) is 6.82. The van der Waals surface area contributed by atoms with E-state index >= 15 is 0 Å². The monoisotopic (exact) mass is 480 g/mol. The van der Waals surface area contributed by atoms with Crippen molar-refractivity contribution < 1.29 is 24.5 Å². The number of aromatic nitrogens is 2. The van der Waals surface area contributed by atoms with Crippen LogP contribution in [0, 0.1) is 13.8 Å². The average molecular weight is 481 g/mol. The molecule has 0 fully saturated rings. The van der Waals surface area contributed by atoms with Crippen LogP contribution in [0.3, 0.4) is 0 Å². The number of aromatic amines is 2. The van der Waals surface area contributed by atoms with Crippen LogP contribution < -0.4 is 4.74 Å². The number of unbranched alkanes of at least 4 members (excludes halogenated alkanes) is 2. The lowest BCUT2D eigenvalue weighted by molar-refractivity contribution is 0.0679. The Morgan fingerprint density at radius 1 is 0.886 bits per heavy atom.